The van der Waals surface area contributed by atoms with Gasteiger partial charge in [-0.25, -0.2) is 0 Å². The van der Waals surface area contributed by atoms with Crippen molar-refractivity contribution in [3.8, 4) is 0 Å². The normalized spacial score (nSPS) is 18.4. The quantitative estimate of drug-likeness (QED) is 0.827. The van der Waals surface area contributed by atoms with Crippen LogP contribution in [-0.2, 0) is 17.7 Å². The Morgan fingerprint density at radius 1 is 1.27 bits per heavy atom. The van der Waals surface area contributed by atoms with E-state index in [9.17, 15) is 4.79 Å². The maximum Gasteiger partial charge on any atom is 0.254 e. The number of furan rings is 1. The molecule has 2 aromatic rings. The molecule has 1 aromatic heterocycles. The Hall–Kier alpha value is -2.11. The number of rotatable bonds is 7. The molecule has 140 valence electrons. The summed E-state index contributed by atoms with van der Waals surface area (Å²) in [5.41, 5.74) is 1.95. The van der Waals surface area contributed by atoms with Crippen molar-refractivity contribution in [2.75, 3.05) is 26.2 Å². The van der Waals surface area contributed by atoms with Crippen LogP contribution in [0.3, 0.4) is 0 Å². The molecule has 0 bridgehead atoms. The molecule has 1 N–H and O–H groups in total. The zero-order chi connectivity index (χ0) is 18.2. The highest BCUT2D eigenvalue weighted by Crippen LogP contribution is 2.14. The zero-order valence-corrected chi connectivity index (χ0v) is 15.4. The molecule has 26 heavy (non-hydrogen) atoms. The lowest BCUT2D eigenvalue weighted by molar-refractivity contribution is 0.0510. The lowest BCUT2D eigenvalue weighted by Crippen LogP contribution is -2.40. The number of aryl methyl sites for hydroxylation is 1. The molecule has 3 rings (SSSR count). The van der Waals surface area contributed by atoms with Crippen molar-refractivity contribution in [2.24, 2.45) is 0 Å². The number of amides is 1. The SMILES string of the molecule is CCCc1occc1C(=O)NCC1CN(Cc2ccccc2)CCCO1. The Bertz CT molecular complexity index is 684. The maximum absolute atomic E-state index is 12.5. The third-order valence-electron chi connectivity index (χ3n) is 4.64. The molecule has 1 unspecified atom stereocenters. The highest BCUT2D eigenvalue weighted by atomic mass is 16.5. The van der Waals surface area contributed by atoms with Crippen LogP contribution < -0.4 is 5.32 Å². The molecule has 0 radical (unpaired) electrons. The van der Waals surface area contributed by atoms with E-state index in [0.29, 0.717) is 12.1 Å². The number of nitrogens with zero attached hydrogens (tertiary/aromatic N) is 1. The van der Waals surface area contributed by atoms with Crippen LogP contribution in [0.1, 0.15) is 41.4 Å². The van der Waals surface area contributed by atoms with Gasteiger partial charge in [0.1, 0.15) is 5.76 Å². The van der Waals surface area contributed by atoms with Gasteiger partial charge in [-0.3, -0.25) is 9.69 Å². The molecule has 2 heterocycles. The largest absolute Gasteiger partial charge is 0.469 e. The van der Waals surface area contributed by atoms with Gasteiger partial charge in [-0.15, -0.1) is 0 Å². The average Bonchev–Trinajstić information content (AvgIpc) is 3.00. The average molecular weight is 356 g/mol. The monoisotopic (exact) mass is 356 g/mol. The summed E-state index contributed by atoms with van der Waals surface area (Å²) in [5, 5.41) is 3.02. The van der Waals surface area contributed by atoms with Crippen molar-refractivity contribution in [2.45, 2.75) is 38.8 Å². The molecular formula is C21H28N2O3. The van der Waals surface area contributed by atoms with Gasteiger partial charge in [0.25, 0.3) is 5.91 Å². The van der Waals surface area contributed by atoms with E-state index in [1.54, 1.807) is 12.3 Å². The van der Waals surface area contributed by atoms with Gasteiger partial charge in [0.15, 0.2) is 0 Å². The summed E-state index contributed by atoms with van der Waals surface area (Å²) in [6.45, 7) is 6.07. The fourth-order valence-corrected chi connectivity index (χ4v) is 3.34. The number of nitrogens with one attached hydrogen (secondary N) is 1. The van der Waals surface area contributed by atoms with Crippen LogP contribution in [0.2, 0.25) is 0 Å². The number of hydrogen-bond donors (Lipinski definition) is 1. The van der Waals surface area contributed by atoms with E-state index in [1.165, 1.54) is 5.56 Å². The van der Waals surface area contributed by atoms with E-state index in [0.717, 1.165) is 51.3 Å². The molecule has 0 saturated carbocycles. The number of ether oxygens (including phenoxy) is 1. The Labute approximate surface area is 155 Å². The molecule has 0 aliphatic carbocycles. The van der Waals surface area contributed by atoms with Gasteiger partial charge in [0.2, 0.25) is 0 Å². The Morgan fingerprint density at radius 2 is 2.12 bits per heavy atom. The van der Waals surface area contributed by atoms with Crippen LogP contribution in [0.5, 0.6) is 0 Å². The minimum atomic E-state index is -0.0790. The van der Waals surface area contributed by atoms with E-state index < -0.39 is 0 Å². The van der Waals surface area contributed by atoms with E-state index in [1.807, 2.05) is 6.07 Å². The minimum absolute atomic E-state index is 0.00619. The van der Waals surface area contributed by atoms with Gasteiger partial charge in [-0.2, -0.15) is 0 Å². The first kappa shape index (κ1) is 18.7. The fraction of sp³-hybridized carbons (Fsp3) is 0.476. The number of benzene rings is 1. The molecule has 1 amide bonds. The Morgan fingerprint density at radius 3 is 2.92 bits per heavy atom. The van der Waals surface area contributed by atoms with E-state index in [4.69, 9.17) is 9.15 Å². The standard InChI is InChI=1S/C21H28N2O3/c1-2-7-20-19(10-13-26-20)21(24)22-14-18-16-23(11-6-12-25-18)15-17-8-4-3-5-9-17/h3-5,8-10,13,18H,2,6-7,11-12,14-16H2,1H3,(H,22,24). The van der Waals surface area contributed by atoms with Crippen molar-refractivity contribution in [3.63, 3.8) is 0 Å². The molecule has 1 aliphatic heterocycles. The van der Waals surface area contributed by atoms with Crippen molar-refractivity contribution < 1.29 is 13.9 Å². The van der Waals surface area contributed by atoms with Gasteiger partial charge in [0.05, 0.1) is 17.9 Å². The zero-order valence-electron chi connectivity index (χ0n) is 15.4. The van der Waals surface area contributed by atoms with Crippen LogP contribution in [0.4, 0.5) is 0 Å². The first-order valence-electron chi connectivity index (χ1n) is 9.48. The molecule has 5 heteroatoms. The van der Waals surface area contributed by atoms with Crippen LogP contribution >= 0.6 is 0 Å². The Kier molecular flexibility index (Phi) is 6.86. The second-order valence-electron chi connectivity index (χ2n) is 6.78. The van der Waals surface area contributed by atoms with Crippen LogP contribution in [0.15, 0.2) is 47.1 Å². The molecule has 1 saturated heterocycles. The van der Waals surface area contributed by atoms with Crippen molar-refractivity contribution in [3.05, 3.63) is 59.5 Å². The van der Waals surface area contributed by atoms with Gasteiger partial charge in [0, 0.05) is 39.2 Å². The summed E-state index contributed by atoms with van der Waals surface area (Å²) in [7, 11) is 0. The molecular weight excluding hydrogens is 328 g/mol. The third-order valence-corrected chi connectivity index (χ3v) is 4.64. The molecule has 0 spiro atoms. The van der Waals surface area contributed by atoms with Crippen LogP contribution in [0, 0.1) is 0 Å². The predicted molar refractivity (Wildman–Crippen MR) is 101 cm³/mol. The van der Waals surface area contributed by atoms with Crippen molar-refractivity contribution in [1.82, 2.24) is 10.2 Å². The smallest absolute Gasteiger partial charge is 0.254 e. The summed E-state index contributed by atoms with van der Waals surface area (Å²) < 4.78 is 11.4. The number of carbonyl (C=O) groups excluding carboxylic acids is 1. The van der Waals surface area contributed by atoms with Gasteiger partial charge < -0.3 is 14.5 Å². The van der Waals surface area contributed by atoms with Crippen LogP contribution in [-0.4, -0.2) is 43.2 Å². The highest BCUT2D eigenvalue weighted by molar-refractivity contribution is 5.95. The van der Waals surface area contributed by atoms with Crippen molar-refractivity contribution >= 4 is 5.91 Å². The maximum atomic E-state index is 12.5. The lowest BCUT2D eigenvalue weighted by Gasteiger charge is -2.24. The first-order chi connectivity index (χ1) is 12.8. The van der Waals surface area contributed by atoms with Crippen LogP contribution in [0.25, 0.3) is 0 Å². The summed E-state index contributed by atoms with van der Waals surface area (Å²) in [6, 6.07) is 12.2. The number of carbonyl (C=O) groups is 1. The summed E-state index contributed by atoms with van der Waals surface area (Å²) in [5.74, 6) is 0.683. The topological polar surface area (TPSA) is 54.7 Å². The number of hydrogen-bond acceptors (Lipinski definition) is 4. The molecule has 1 aliphatic rings. The van der Waals surface area contributed by atoms with Gasteiger partial charge in [-0.05, 0) is 24.5 Å². The second kappa shape index (κ2) is 9.55. The summed E-state index contributed by atoms with van der Waals surface area (Å²) >= 11 is 0. The van der Waals surface area contributed by atoms with E-state index in [2.05, 4.69) is 41.4 Å². The highest BCUT2D eigenvalue weighted by Gasteiger charge is 2.21. The summed E-state index contributed by atoms with van der Waals surface area (Å²) in [6.07, 6.45) is 4.34. The minimum Gasteiger partial charge on any atom is -0.469 e. The molecule has 1 atom stereocenters. The molecule has 5 nitrogen and oxygen atoms in total. The van der Waals surface area contributed by atoms with Gasteiger partial charge >= 0.3 is 0 Å². The molecule has 1 aromatic carbocycles. The predicted octanol–water partition coefficient (Wildman–Crippen LogP) is 3.25. The van der Waals surface area contributed by atoms with Crippen molar-refractivity contribution in [1.29, 1.82) is 0 Å². The first-order valence-corrected chi connectivity index (χ1v) is 9.48. The van der Waals surface area contributed by atoms with E-state index >= 15 is 0 Å². The fourth-order valence-electron chi connectivity index (χ4n) is 3.34. The van der Waals surface area contributed by atoms with E-state index in [-0.39, 0.29) is 12.0 Å². The van der Waals surface area contributed by atoms with Gasteiger partial charge in [-0.1, -0.05) is 37.3 Å². The Balaban J connectivity index is 1.53. The second-order valence-corrected chi connectivity index (χ2v) is 6.78. The summed E-state index contributed by atoms with van der Waals surface area (Å²) in [4.78, 5) is 14.9. The molecule has 1 fully saturated rings. The lowest BCUT2D eigenvalue weighted by atomic mass is 10.1. The third kappa shape index (κ3) is 5.19.